The minimum Gasteiger partial charge on any atom is -0.480 e. The summed E-state index contributed by atoms with van der Waals surface area (Å²) in [5.74, 6) is -0.963. The van der Waals surface area contributed by atoms with Crippen LogP contribution < -0.4 is 5.32 Å². The Morgan fingerprint density at radius 2 is 1.19 bits per heavy atom. The quantitative estimate of drug-likeness (QED) is 0.451. The summed E-state index contributed by atoms with van der Waals surface area (Å²) >= 11 is 0. The van der Waals surface area contributed by atoms with Crippen LogP contribution in [0.5, 0.6) is 0 Å². The molecule has 4 heteroatoms. The second-order valence-electron chi connectivity index (χ2n) is 6.22. The van der Waals surface area contributed by atoms with Crippen LogP contribution in [0, 0.1) is 0 Å². The Balaban J connectivity index is 2.02. The molecule has 0 aromatic heterocycles. The number of hydrogen-bond acceptors (Lipinski definition) is 3. The fraction of sp³-hybridized carbons (Fsp3) is 0.174. The van der Waals surface area contributed by atoms with Crippen LogP contribution in [0.3, 0.4) is 0 Å². The summed E-state index contributed by atoms with van der Waals surface area (Å²) in [6, 6.07) is 30.8. The summed E-state index contributed by atoms with van der Waals surface area (Å²) in [5, 5.41) is 12.4. The summed E-state index contributed by atoms with van der Waals surface area (Å²) in [7, 11) is 0. The van der Waals surface area contributed by atoms with Crippen LogP contribution in [0.4, 0.5) is 0 Å². The molecule has 4 nitrogen and oxygen atoms in total. The molecular weight excluding hydrogens is 338 g/mol. The van der Waals surface area contributed by atoms with Crippen molar-refractivity contribution < 1.29 is 14.6 Å². The standard InChI is InChI=1S/C23H23NO3/c25-22(26)18-27-17-16-24-23(19-10-4-1-5-11-19,20-12-6-2-7-13-20)21-14-8-3-9-15-21/h1-15,24H,16-18H2,(H,25,26). The Labute approximate surface area is 159 Å². The van der Waals surface area contributed by atoms with Crippen molar-refractivity contribution in [2.75, 3.05) is 19.8 Å². The number of nitrogens with one attached hydrogen (secondary N) is 1. The first kappa shape index (κ1) is 18.8. The van der Waals surface area contributed by atoms with Crippen molar-refractivity contribution in [3.63, 3.8) is 0 Å². The van der Waals surface area contributed by atoms with Crippen molar-refractivity contribution in [1.29, 1.82) is 0 Å². The molecule has 2 N–H and O–H groups in total. The average Bonchev–Trinajstić information content (AvgIpc) is 2.73. The van der Waals surface area contributed by atoms with Gasteiger partial charge in [-0.3, -0.25) is 5.32 Å². The van der Waals surface area contributed by atoms with Crippen LogP contribution in [-0.2, 0) is 15.1 Å². The highest BCUT2D eigenvalue weighted by Gasteiger charge is 2.35. The molecule has 0 bridgehead atoms. The second kappa shape index (κ2) is 9.12. The number of carboxylic acid groups (broad SMARTS) is 1. The number of benzene rings is 3. The molecule has 0 amide bonds. The predicted octanol–water partition coefficient (Wildman–Crippen LogP) is 3.67. The number of hydrogen-bond donors (Lipinski definition) is 2. The number of carbonyl (C=O) groups is 1. The largest absolute Gasteiger partial charge is 0.480 e. The molecule has 0 aliphatic rings. The third-order valence-electron chi connectivity index (χ3n) is 4.48. The van der Waals surface area contributed by atoms with Gasteiger partial charge in [-0.2, -0.15) is 0 Å². The summed E-state index contributed by atoms with van der Waals surface area (Å²) in [6.45, 7) is 0.517. The fourth-order valence-electron chi connectivity index (χ4n) is 3.34. The lowest BCUT2D eigenvalue weighted by molar-refractivity contribution is -0.142. The van der Waals surface area contributed by atoms with Gasteiger partial charge in [0, 0.05) is 6.54 Å². The molecule has 0 aliphatic carbocycles. The van der Waals surface area contributed by atoms with Gasteiger partial charge in [-0.15, -0.1) is 0 Å². The fourth-order valence-corrected chi connectivity index (χ4v) is 3.34. The van der Waals surface area contributed by atoms with Gasteiger partial charge in [-0.1, -0.05) is 91.0 Å². The first-order valence-corrected chi connectivity index (χ1v) is 8.94. The van der Waals surface area contributed by atoms with Crippen molar-refractivity contribution in [1.82, 2.24) is 5.32 Å². The highest BCUT2D eigenvalue weighted by molar-refractivity contribution is 5.68. The van der Waals surface area contributed by atoms with Gasteiger partial charge in [-0.25, -0.2) is 4.79 Å². The molecule has 0 radical (unpaired) electrons. The smallest absolute Gasteiger partial charge is 0.329 e. The molecule has 3 aromatic rings. The minimum atomic E-state index is -0.963. The van der Waals surface area contributed by atoms with E-state index in [-0.39, 0.29) is 6.61 Å². The van der Waals surface area contributed by atoms with Crippen LogP contribution in [-0.4, -0.2) is 30.8 Å². The zero-order chi connectivity index (χ0) is 19.0. The van der Waals surface area contributed by atoms with Crippen molar-refractivity contribution in [3.05, 3.63) is 108 Å². The molecule has 0 aliphatic heterocycles. The highest BCUT2D eigenvalue weighted by atomic mass is 16.5. The van der Waals surface area contributed by atoms with E-state index in [2.05, 4.69) is 41.7 Å². The van der Waals surface area contributed by atoms with E-state index in [1.165, 1.54) is 0 Å². The van der Waals surface area contributed by atoms with Gasteiger partial charge >= 0.3 is 5.97 Å². The highest BCUT2D eigenvalue weighted by Crippen LogP contribution is 2.36. The zero-order valence-corrected chi connectivity index (χ0v) is 15.0. The van der Waals surface area contributed by atoms with Crippen LogP contribution in [0.25, 0.3) is 0 Å². The monoisotopic (exact) mass is 361 g/mol. The van der Waals surface area contributed by atoms with Gasteiger partial charge in [0.2, 0.25) is 0 Å². The molecule has 138 valence electrons. The molecule has 0 saturated heterocycles. The van der Waals surface area contributed by atoms with Gasteiger partial charge in [0.25, 0.3) is 0 Å². The van der Waals surface area contributed by atoms with Crippen molar-refractivity contribution in [3.8, 4) is 0 Å². The van der Waals surface area contributed by atoms with Gasteiger partial charge < -0.3 is 9.84 Å². The first-order chi connectivity index (χ1) is 13.2. The lowest BCUT2D eigenvalue weighted by Gasteiger charge is -2.37. The number of carboxylic acids is 1. The molecule has 3 rings (SSSR count). The van der Waals surface area contributed by atoms with Gasteiger partial charge in [0.05, 0.1) is 12.1 Å². The SMILES string of the molecule is O=C(O)COCCNC(c1ccccc1)(c1ccccc1)c1ccccc1. The molecular formula is C23H23NO3. The number of aliphatic carboxylic acids is 1. The molecule has 0 heterocycles. The predicted molar refractivity (Wildman–Crippen MR) is 106 cm³/mol. The Morgan fingerprint density at radius 1 is 0.778 bits per heavy atom. The summed E-state index contributed by atoms with van der Waals surface area (Å²) in [6.07, 6.45) is 0. The maximum Gasteiger partial charge on any atom is 0.329 e. The van der Waals surface area contributed by atoms with Crippen LogP contribution in [0.1, 0.15) is 16.7 Å². The first-order valence-electron chi connectivity index (χ1n) is 8.94. The molecule has 3 aromatic carbocycles. The van der Waals surface area contributed by atoms with E-state index in [1.54, 1.807) is 0 Å². The number of rotatable bonds is 9. The molecule has 0 atom stereocenters. The van der Waals surface area contributed by atoms with Gasteiger partial charge in [0.15, 0.2) is 0 Å². The Bertz CT molecular complexity index is 739. The van der Waals surface area contributed by atoms with Gasteiger partial charge in [0.1, 0.15) is 6.61 Å². The summed E-state index contributed by atoms with van der Waals surface area (Å²) in [5.41, 5.74) is 2.78. The molecule has 0 unspecified atom stereocenters. The second-order valence-corrected chi connectivity index (χ2v) is 6.22. The van der Waals surface area contributed by atoms with E-state index >= 15 is 0 Å². The van der Waals surface area contributed by atoms with Crippen LogP contribution in [0.15, 0.2) is 91.0 Å². The summed E-state index contributed by atoms with van der Waals surface area (Å²) < 4.78 is 5.24. The van der Waals surface area contributed by atoms with Crippen LogP contribution >= 0.6 is 0 Å². The third-order valence-corrected chi connectivity index (χ3v) is 4.48. The Kier molecular flexibility index (Phi) is 6.36. The summed E-state index contributed by atoms with van der Waals surface area (Å²) in [4.78, 5) is 10.7. The van der Waals surface area contributed by atoms with Gasteiger partial charge in [-0.05, 0) is 16.7 Å². The normalized spacial score (nSPS) is 11.3. The molecule has 0 spiro atoms. The van der Waals surface area contributed by atoms with E-state index in [4.69, 9.17) is 9.84 Å². The van der Waals surface area contributed by atoms with E-state index in [0.29, 0.717) is 13.2 Å². The zero-order valence-electron chi connectivity index (χ0n) is 15.0. The third kappa shape index (κ3) is 4.42. The van der Waals surface area contributed by atoms with Crippen molar-refractivity contribution in [2.24, 2.45) is 0 Å². The molecule has 0 saturated carbocycles. The average molecular weight is 361 g/mol. The van der Waals surface area contributed by atoms with Crippen molar-refractivity contribution in [2.45, 2.75) is 5.54 Å². The van der Waals surface area contributed by atoms with E-state index < -0.39 is 11.5 Å². The Morgan fingerprint density at radius 3 is 1.56 bits per heavy atom. The lowest BCUT2D eigenvalue weighted by atomic mass is 9.77. The Hall–Kier alpha value is -2.95. The van der Waals surface area contributed by atoms with E-state index in [9.17, 15) is 4.79 Å². The maximum atomic E-state index is 10.7. The maximum absolute atomic E-state index is 10.7. The lowest BCUT2D eigenvalue weighted by Crippen LogP contribution is -2.46. The number of ether oxygens (including phenoxy) is 1. The molecule has 0 fully saturated rings. The minimum absolute atomic E-state index is 0.295. The topological polar surface area (TPSA) is 58.6 Å². The van der Waals surface area contributed by atoms with E-state index in [1.807, 2.05) is 54.6 Å². The van der Waals surface area contributed by atoms with Crippen LogP contribution in [0.2, 0.25) is 0 Å². The van der Waals surface area contributed by atoms with E-state index in [0.717, 1.165) is 16.7 Å². The molecule has 27 heavy (non-hydrogen) atoms. The van der Waals surface area contributed by atoms with Crippen molar-refractivity contribution >= 4 is 5.97 Å².